The first-order chi connectivity index (χ1) is 11.0. The zero-order valence-corrected chi connectivity index (χ0v) is 12.9. The fourth-order valence-corrected chi connectivity index (χ4v) is 3.19. The molecular weight excluding hydrogens is 305 g/mol. The van der Waals surface area contributed by atoms with Gasteiger partial charge in [0.1, 0.15) is 0 Å². The molecule has 3 rings (SSSR count). The van der Waals surface area contributed by atoms with Gasteiger partial charge in [-0.05, 0) is 43.9 Å². The van der Waals surface area contributed by atoms with E-state index < -0.39 is 11.7 Å². The van der Waals surface area contributed by atoms with Crippen molar-refractivity contribution < 1.29 is 18.0 Å². The standard InChI is InChI=1S/C17H21F3N2O/c18-17(19,20)15-6-2-1-4-13(15)11-22(14-7-8-14)16(23)12-5-3-9-21-10-12/h1-2,4,6,12,14,21H,3,5,7-11H2. The smallest absolute Gasteiger partial charge is 0.335 e. The lowest BCUT2D eigenvalue weighted by molar-refractivity contribution is -0.141. The number of amides is 1. The number of halogens is 3. The van der Waals surface area contributed by atoms with Crippen LogP contribution < -0.4 is 5.32 Å². The highest BCUT2D eigenvalue weighted by Crippen LogP contribution is 2.35. The predicted molar refractivity (Wildman–Crippen MR) is 80.6 cm³/mol. The van der Waals surface area contributed by atoms with Crippen LogP contribution in [0, 0.1) is 5.92 Å². The molecule has 1 atom stereocenters. The zero-order chi connectivity index (χ0) is 16.4. The molecule has 0 spiro atoms. The molecule has 2 aliphatic rings. The topological polar surface area (TPSA) is 32.3 Å². The van der Waals surface area contributed by atoms with E-state index in [1.165, 1.54) is 12.1 Å². The van der Waals surface area contributed by atoms with Crippen molar-refractivity contribution in [2.24, 2.45) is 5.92 Å². The molecule has 23 heavy (non-hydrogen) atoms. The van der Waals surface area contributed by atoms with Crippen molar-refractivity contribution >= 4 is 5.91 Å². The number of rotatable bonds is 4. The molecule has 1 heterocycles. The van der Waals surface area contributed by atoms with Gasteiger partial charge in [0.2, 0.25) is 5.91 Å². The normalized spacial score (nSPS) is 22.0. The lowest BCUT2D eigenvalue weighted by atomic mass is 9.97. The summed E-state index contributed by atoms with van der Waals surface area (Å²) < 4.78 is 39.5. The lowest BCUT2D eigenvalue weighted by Gasteiger charge is -2.30. The second-order valence-corrected chi connectivity index (χ2v) is 6.40. The molecule has 0 aromatic heterocycles. The molecule has 1 aliphatic carbocycles. The Morgan fingerprint density at radius 2 is 1.96 bits per heavy atom. The zero-order valence-electron chi connectivity index (χ0n) is 12.9. The van der Waals surface area contributed by atoms with E-state index in [2.05, 4.69) is 5.32 Å². The Bertz CT molecular complexity index is 563. The fourth-order valence-electron chi connectivity index (χ4n) is 3.19. The van der Waals surface area contributed by atoms with Crippen LogP contribution in [0.25, 0.3) is 0 Å². The Morgan fingerprint density at radius 1 is 1.22 bits per heavy atom. The van der Waals surface area contributed by atoms with Crippen molar-refractivity contribution in [1.29, 1.82) is 0 Å². The summed E-state index contributed by atoms with van der Waals surface area (Å²) in [7, 11) is 0. The van der Waals surface area contributed by atoms with E-state index in [9.17, 15) is 18.0 Å². The van der Waals surface area contributed by atoms with Crippen LogP contribution in [-0.2, 0) is 17.5 Å². The van der Waals surface area contributed by atoms with E-state index in [-0.39, 0.29) is 30.0 Å². The second kappa shape index (κ2) is 6.51. The first-order valence-corrected chi connectivity index (χ1v) is 8.13. The van der Waals surface area contributed by atoms with Crippen LogP contribution in [0.3, 0.4) is 0 Å². The van der Waals surface area contributed by atoms with Gasteiger partial charge in [-0.15, -0.1) is 0 Å². The van der Waals surface area contributed by atoms with Gasteiger partial charge in [0.05, 0.1) is 11.5 Å². The molecule has 2 fully saturated rings. The summed E-state index contributed by atoms with van der Waals surface area (Å²) >= 11 is 0. The van der Waals surface area contributed by atoms with E-state index in [0.29, 0.717) is 6.54 Å². The van der Waals surface area contributed by atoms with Gasteiger partial charge < -0.3 is 10.2 Å². The molecule has 1 saturated heterocycles. The minimum Gasteiger partial charge on any atom is -0.335 e. The predicted octanol–water partition coefficient (Wildman–Crippen LogP) is 3.20. The third-order valence-electron chi connectivity index (χ3n) is 4.58. The second-order valence-electron chi connectivity index (χ2n) is 6.40. The van der Waals surface area contributed by atoms with Gasteiger partial charge in [-0.1, -0.05) is 18.2 Å². The first kappa shape index (κ1) is 16.3. The average molecular weight is 326 g/mol. The number of carbonyl (C=O) groups is 1. The van der Waals surface area contributed by atoms with Crippen molar-refractivity contribution in [3.05, 3.63) is 35.4 Å². The SMILES string of the molecule is O=C(C1CCCNC1)N(Cc1ccccc1C(F)(F)F)C1CC1. The number of nitrogens with one attached hydrogen (secondary N) is 1. The molecule has 1 saturated carbocycles. The summed E-state index contributed by atoms with van der Waals surface area (Å²) in [5.74, 6) is -0.112. The lowest BCUT2D eigenvalue weighted by Crippen LogP contribution is -2.43. The molecule has 1 N–H and O–H groups in total. The van der Waals surface area contributed by atoms with Gasteiger partial charge >= 0.3 is 6.18 Å². The average Bonchev–Trinajstić information content (AvgIpc) is 3.37. The van der Waals surface area contributed by atoms with Crippen LogP contribution >= 0.6 is 0 Å². The molecule has 0 radical (unpaired) electrons. The Hall–Kier alpha value is -1.56. The van der Waals surface area contributed by atoms with Crippen molar-refractivity contribution in [2.45, 2.75) is 44.4 Å². The molecule has 1 aromatic carbocycles. The molecular formula is C17H21F3N2O. The number of hydrogen-bond donors (Lipinski definition) is 1. The number of nitrogens with zero attached hydrogens (tertiary/aromatic N) is 1. The molecule has 1 aromatic rings. The van der Waals surface area contributed by atoms with E-state index in [4.69, 9.17) is 0 Å². The van der Waals surface area contributed by atoms with Crippen molar-refractivity contribution in [3.8, 4) is 0 Å². The monoisotopic (exact) mass is 326 g/mol. The molecule has 1 aliphatic heterocycles. The highest BCUT2D eigenvalue weighted by Gasteiger charge is 2.38. The van der Waals surface area contributed by atoms with Crippen LogP contribution in [0.2, 0.25) is 0 Å². The van der Waals surface area contributed by atoms with E-state index in [1.54, 1.807) is 11.0 Å². The fraction of sp³-hybridized carbons (Fsp3) is 0.588. The largest absolute Gasteiger partial charge is 0.416 e. The maximum atomic E-state index is 13.2. The molecule has 0 bridgehead atoms. The quantitative estimate of drug-likeness (QED) is 0.921. The summed E-state index contributed by atoms with van der Waals surface area (Å²) in [5, 5.41) is 3.20. The van der Waals surface area contributed by atoms with E-state index >= 15 is 0 Å². The Morgan fingerprint density at radius 3 is 2.57 bits per heavy atom. The number of carbonyl (C=O) groups excluding carboxylic acids is 1. The van der Waals surface area contributed by atoms with Gasteiger partial charge in [-0.2, -0.15) is 13.2 Å². The molecule has 1 amide bonds. The summed E-state index contributed by atoms with van der Waals surface area (Å²) in [4.78, 5) is 14.4. The van der Waals surface area contributed by atoms with Crippen LogP contribution in [0.1, 0.15) is 36.8 Å². The Labute approximate surface area is 133 Å². The summed E-state index contributed by atoms with van der Waals surface area (Å²) in [6.45, 7) is 1.59. The number of benzene rings is 1. The van der Waals surface area contributed by atoms with Gasteiger partial charge in [-0.3, -0.25) is 4.79 Å². The molecule has 1 unspecified atom stereocenters. The van der Waals surface area contributed by atoms with Gasteiger partial charge in [0.25, 0.3) is 0 Å². The van der Waals surface area contributed by atoms with Gasteiger partial charge in [0, 0.05) is 19.1 Å². The number of alkyl halides is 3. The minimum atomic E-state index is -4.39. The highest BCUT2D eigenvalue weighted by molar-refractivity contribution is 5.80. The summed E-state index contributed by atoms with van der Waals surface area (Å²) in [6, 6.07) is 5.66. The third-order valence-corrected chi connectivity index (χ3v) is 4.58. The number of hydrogen-bond acceptors (Lipinski definition) is 2. The van der Waals surface area contributed by atoms with E-state index in [0.717, 1.165) is 38.3 Å². The Kier molecular flexibility index (Phi) is 4.62. The van der Waals surface area contributed by atoms with Crippen molar-refractivity contribution in [1.82, 2.24) is 10.2 Å². The van der Waals surface area contributed by atoms with Crippen LogP contribution in [0.4, 0.5) is 13.2 Å². The minimum absolute atomic E-state index is 0.00308. The Balaban J connectivity index is 1.79. The van der Waals surface area contributed by atoms with Crippen molar-refractivity contribution in [3.63, 3.8) is 0 Å². The maximum Gasteiger partial charge on any atom is 0.416 e. The maximum absolute atomic E-state index is 13.2. The molecule has 6 heteroatoms. The number of piperidine rings is 1. The highest BCUT2D eigenvalue weighted by atomic mass is 19.4. The summed E-state index contributed by atoms with van der Waals surface area (Å²) in [5.41, 5.74) is -0.454. The van der Waals surface area contributed by atoms with Gasteiger partial charge in [-0.25, -0.2) is 0 Å². The molecule has 126 valence electrons. The summed E-state index contributed by atoms with van der Waals surface area (Å²) in [6.07, 6.45) is -0.856. The first-order valence-electron chi connectivity index (χ1n) is 8.13. The third kappa shape index (κ3) is 3.86. The van der Waals surface area contributed by atoms with Crippen LogP contribution in [0.15, 0.2) is 24.3 Å². The van der Waals surface area contributed by atoms with Crippen LogP contribution in [-0.4, -0.2) is 29.9 Å². The van der Waals surface area contributed by atoms with E-state index in [1.807, 2.05) is 0 Å². The van der Waals surface area contributed by atoms with Crippen molar-refractivity contribution in [2.75, 3.05) is 13.1 Å². The van der Waals surface area contributed by atoms with Crippen LogP contribution in [0.5, 0.6) is 0 Å². The molecule has 3 nitrogen and oxygen atoms in total. The van der Waals surface area contributed by atoms with Gasteiger partial charge in [0.15, 0.2) is 0 Å².